The molecule has 0 aromatic carbocycles. The number of nitrogens with two attached hydrogens (primary N) is 6. The Morgan fingerprint density at radius 2 is 1.32 bits per heavy atom. The summed E-state index contributed by atoms with van der Waals surface area (Å²) in [5.41, 5.74) is 35.9. The summed E-state index contributed by atoms with van der Waals surface area (Å²) in [6.45, 7) is -0.377. The fourth-order valence-electron chi connectivity index (χ4n) is 6.06. The van der Waals surface area contributed by atoms with E-state index >= 15 is 0 Å². The van der Waals surface area contributed by atoms with E-state index in [9.17, 15) is 25.2 Å². The van der Waals surface area contributed by atoms with Gasteiger partial charge in [-0.15, -0.1) is 0 Å². The van der Waals surface area contributed by atoms with Crippen molar-refractivity contribution in [3.8, 4) is 0 Å². The summed E-state index contributed by atoms with van der Waals surface area (Å²) in [5.74, 6) is -0.809. The van der Waals surface area contributed by atoms with Gasteiger partial charge in [-0.05, 0) is 32.1 Å². The first-order valence-corrected chi connectivity index (χ1v) is 15.3. The van der Waals surface area contributed by atoms with Crippen molar-refractivity contribution in [3.63, 3.8) is 0 Å². The van der Waals surface area contributed by atoms with Gasteiger partial charge >= 0.3 is 0 Å². The van der Waals surface area contributed by atoms with Crippen LogP contribution in [0.2, 0.25) is 0 Å². The Labute approximate surface area is 255 Å². The molecule has 18 heteroatoms. The number of aliphatic hydroxyl groups excluding tert-OH is 4. The maximum Gasteiger partial charge on any atom is 0.250 e. The molecule has 0 unspecified atom stereocenters. The monoisotopic (exact) mass is 637 g/mol. The molecule has 3 heterocycles. The van der Waals surface area contributed by atoms with Gasteiger partial charge in [-0.3, -0.25) is 4.79 Å². The summed E-state index contributed by atoms with van der Waals surface area (Å²) in [5, 5.41) is 45.2. The second kappa shape index (κ2) is 16.1. The predicted molar refractivity (Wildman–Crippen MR) is 152 cm³/mol. The van der Waals surface area contributed by atoms with Gasteiger partial charge in [0.1, 0.15) is 42.7 Å². The molecule has 0 spiro atoms. The van der Waals surface area contributed by atoms with Crippen molar-refractivity contribution in [2.24, 2.45) is 34.4 Å². The number of carbonyl (C=O) groups is 1. The number of ether oxygens (including phenoxy) is 6. The van der Waals surface area contributed by atoms with Gasteiger partial charge in [0.25, 0.3) is 0 Å². The molecule has 17 N–H and O–H groups in total. The summed E-state index contributed by atoms with van der Waals surface area (Å²) < 4.78 is 35.9. The summed E-state index contributed by atoms with van der Waals surface area (Å²) in [4.78, 5) is 12.4. The Balaban J connectivity index is 1.53. The number of carbonyl (C=O) groups excluding carboxylic acids is 1. The maximum atomic E-state index is 12.4. The van der Waals surface area contributed by atoms with Gasteiger partial charge in [0.05, 0.1) is 36.9 Å². The highest BCUT2D eigenvalue weighted by molar-refractivity contribution is 5.81. The van der Waals surface area contributed by atoms with Crippen LogP contribution in [0, 0.1) is 0 Å². The highest BCUT2D eigenvalue weighted by Crippen LogP contribution is 2.34. The van der Waals surface area contributed by atoms with Crippen LogP contribution in [0.1, 0.15) is 32.1 Å². The molecule has 1 saturated carbocycles. The van der Waals surface area contributed by atoms with E-state index in [2.05, 4.69) is 5.32 Å². The molecule has 4 fully saturated rings. The van der Waals surface area contributed by atoms with Gasteiger partial charge in [0, 0.05) is 25.7 Å². The quantitative estimate of drug-likeness (QED) is 0.0947. The topological polar surface area (TPSA) is 322 Å². The third-order valence-corrected chi connectivity index (χ3v) is 8.74. The number of hydrogen-bond donors (Lipinski definition) is 11. The molecule has 0 radical (unpaired) electrons. The number of amides is 1. The molecular weight excluding hydrogens is 586 g/mol. The fraction of sp³-hybridized carbons (Fsp3) is 0.962. The van der Waals surface area contributed by atoms with E-state index in [4.69, 9.17) is 62.8 Å². The highest BCUT2D eigenvalue weighted by Gasteiger charge is 2.53. The molecule has 3 aliphatic heterocycles. The van der Waals surface area contributed by atoms with Crippen molar-refractivity contribution in [2.45, 2.75) is 130 Å². The van der Waals surface area contributed by atoms with Gasteiger partial charge in [-0.1, -0.05) is 0 Å². The average Bonchev–Trinajstić information content (AvgIpc) is 3.31. The maximum absolute atomic E-state index is 12.4. The molecule has 44 heavy (non-hydrogen) atoms. The van der Waals surface area contributed by atoms with Crippen LogP contribution in [-0.4, -0.2) is 151 Å². The third kappa shape index (κ3) is 8.21. The van der Waals surface area contributed by atoms with E-state index in [-0.39, 0.29) is 38.3 Å². The molecule has 0 aromatic heterocycles. The van der Waals surface area contributed by atoms with Crippen LogP contribution in [0.4, 0.5) is 0 Å². The van der Waals surface area contributed by atoms with E-state index in [0.717, 1.165) is 0 Å². The van der Waals surface area contributed by atoms with E-state index in [0.29, 0.717) is 25.7 Å². The highest BCUT2D eigenvalue weighted by atomic mass is 16.8. The van der Waals surface area contributed by atoms with Gasteiger partial charge in [-0.2, -0.15) is 0 Å². The second-order valence-electron chi connectivity index (χ2n) is 12.0. The van der Waals surface area contributed by atoms with Crippen molar-refractivity contribution >= 4 is 5.91 Å². The Kier molecular flexibility index (Phi) is 13.0. The van der Waals surface area contributed by atoms with Crippen LogP contribution in [0.15, 0.2) is 0 Å². The Morgan fingerprint density at radius 3 is 1.84 bits per heavy atom. The number of rotatable bonds is 12. The smallest absolute Gasteiger partial charge is 0.250 e. The van der Waals surface area contributed by atoms with E-state index < -0.39 is 98.3 Å². The molecular formula is C26H51N7O11. The third-order valence-electron chi connectivity index (χ3n) is 8.74. The second-order valence-corrected chi connectivity index (χ2v) is 12.0. The zero-order chi connectivity index (χ0) is 32.1. The fourth-order valence-corrected chi connectivity index (χ4v) is 6.06. The lowest BCUT2D eigenvalue weighted by atomic mass is 9.83. The molecule has 256 valence electrons. The van der Waals surface area contributed by atoms with Gasteiger partial charge in [-0.25, -0.2) is 0 Å². The molecule has 1 amide bonds. The van der Waals surface area contributed by atoms with Crippen LogP contribution < -0.4 is 39.7 Å². The molecule has 4 aliphatic rings. The normalized spacial score (nSPS) is 45.6. The molecule has 0 bridgehead atoms. The van der Waals surface area contributed by atoms with Crippen molar-refractivity contribution in [1.29, 1.82) is 0 Å². The summed E-state index contributed by atoms with van der Waals surface area (Å²) in [6, 6.07) is -2.88. The minimum absolute atomic E-state index is 0.0231. The zero-order valence-corrected chi connectivity index (χ0v) is 24.7. The molecule has 16 atom stereocenters. The first-order valence-electron chi connectivity index (χ1n) is 15.3. The summed E-state index contributed by atoms with van der Waals surface area (Å²) in [6.07, 6.45) is -10.4. The van der Waals surface area contributed by atoms with Crippen molar-refractivity contribution in [3.05, 3.63) is 0 Å². The Bertz CT molecular complexity index is 914. The molecule has 4 rings (SSSR count). The molecule has 0 aromatic rings. The summed E-state index contributed by atoms with van der Waals surface area (Å²) >= 11 is 0. The molecule has 1 aliphatic carbocycles. The van der Waals surface area contributed by atoms with Gasteiger partial charge < -0.3 is 88.6 Å². The first kappa shape index (κ1) is 35.7. The minimum atomic E-state index is -1.51. The number of aliphatic hydroxyl groups is 4. The predicted octanol–water partition coefficient (Wildman–Crippen LogP) is -6.30. The summed E-state index contributed by atoms with van der Waals surface area (Å²) in [7, 11) is 0. The van der Waals surface area contributed by atoms with Crippen LogP contribution in [0.3, 0.4) is 0 Å². The molecule has 18 nitrogen and oxygen atoms in total. The van der Waals surface area contributed by atoms with Crippen LogP contribution in [0.5, 0.6) is 0 Å². The van der Waals surface area contributed by atoms with E-state index in [1.807, 2.05) is 0 Å². The Morgan fingerprint density at radius 1 is 0.773 bits per heavy atom. The lowest BCUT2D eigenvalue weighted by Crippen LogP contribution is -2.67. The van der Waals surface area contributed by atoms with Crippen molar-refractivity contribution < 1.29 is 53.6 Å². The Hall–Kier alpha value is -1.17. The average molecular weight is 638 g/mol. The standard InChI is InChI=1S/C26H51N7O11/c27-6-10-1-3-12(30)24(39-10)42-20-14(32)5-15(33-23(38)16(35)8-29)18(36)22(20)44-26-19(37)21(17(9-34)41-26)43-25-13(31)4-2-11(7-28)40-25/h10-22,24-26,34-37H,1-9,27-32H2,(H,33,38)/t10-,11+,12+,13+,14-,15+,16-,17+,18-,19+,20+,21+,22+,24+,25+,26-/m0/s1. The van der Waals surface area contributed by atoms with Crippen molar-refractivity contribution in [2.75, 3.05) is 26.2 Å². The van der Waals surface area contributed by atoms with E-state index in [1.54, 1.807) is 0 Å². The van der Waals surface area contributed by atoms with Gasteiger partial charge in [0.2, 0.25) is 5.91 Å². The van der Waals surface area contributed by atoms with Gasteiger partial charge in [0.15, 0.2) is 18.9 Å². The minimum Gasteiger partial charge on any atom is -0.394 e. The van der Waals surface area contributed by atoms with Crippen molar-refractivity contribution in [1.82, 2.24) is 5.32 Å². The molecule has 3 saturated heterocycles. The number of hydrogen-bond acceptors (Lipinski definition) is 17. The lowest BCUT2D eigenvalue weighted by Gasteiger charge is -2.46. The SMILES string of the molecule is NC[C@@H]1CC[C@@H](N)[C@@H](O[C@H]2[C@H](O[C@@H]3O[C@H](CO)[C@@H](O[C@H]4O[C@@H](CN)CC[C@H]4N)[C@H]3O)[C@@H](O)[C@H](NC(=O)[C@@H](O)CN)C[C@@H]2N)O1. The first-order chi connectivity index (χ1) is 21.0. The van der Waals surface area contributed by atoms with Crippen LogP contribution in [-0.2, 0) is 33.2 Å². The van der Waals surface area contributed by atoms with Crippen LogP contribution >= 0.6 is 0 Å². The van der Waals surface area contributed by atoms with E-state index in [1.165, 1.54) is 0 Å². The lowest BCUT2D eigenvalue weighted by molar-refractivity contribution is -0.288. The number of nitrogens with one attached hydrogen (secondary N) is 1. The van der Waals surface area contributed by atoms with Crippen LogP contribution in [0.25, 0.3) is 0 Å². The zero-order valence-electron chi connectivity index (χ0n) is 24.7. The largest absolute Gasteiger partial charge is 0.394 e.